The fourth-order valence-electron chi connectivity index (χ4n) is 1.55. The second-order valence-electron chi connectivity index (χ2n) is 3.88. The van der Waals surface area contributed by atoms with Gasteiger partial charge >= 0.3 is 0 Å². The first-order valence-electron chi connectivity index (χ1n) is 6.19. The van der Waals surface area contributed by atoms with Gasteiger partial charge in [-0.1, -0.05) is 13.0 Å². The maximum atomic E-state index is 8.47. The van der Waals surface area contributed by atoms with E-state index >= 15 is 0 Å². The highest BCUT2D eigenvalue weighted by molar-refractivity contribution is 5.42. The molecule has 1 N–H and O–H groups in total. The summed E-state index contributed by atoms with van der Waals surface area (Å²) in [4.78, 5) is 0. The number of benzene rings is 1. The van der Waals surface area contributed by atoms with Crippen molar-refractivity contribution in [3.05, 3.63) is 23.8 Å². The number of hydrogen-bond acceptors (Lipinski definition) is 4. The minimum atomic E-state index is 0.513. The predicted octanol–water partition coefficient (Wildman–Crippen LogP) is 2.49. The van der Waals surface area contributed by atoms with Gasteiger partial charge in [0.05, 0.1) is 19.8 Å². The molecule has 0 fully saturated rings. The first kappa shape index (κ1) is 14.3. The normalized spacial score (nSPS) is 9.83. The largest absolute Gasteiger partial charge is 0.493 e. The van der Waals surface area contributed by atoms with Crippen molar-refractivity contribution in [1.29, 1.82) is 5.26 Å². The highest BCUT2D eigenvalue weighted by atomic mass is 16.5. The first-order valence-corrected chi connectivity index (χ1v) is 6.19. The molecule has 0 saturated carbocycles. The zero-order valence-corrected chi connectivity index (χ0v) is 11.0. The van der Waals surface area contributed by atoms with Crippen LogP contribution in [0.15, 0.2) is 18.2 Å². The Balaban J connectivity index is 2.63. The maximum absolute atomic E-state index is 8.47. The van der Waals surface area contributed by atoms with Crippen molar-refractivity contribution < 1.29 is 9.47 Å². The number of nitrogens with zero attached hydrogens (tertiary/aromatic N) is 1. The van der Waals surface area contributed by atoms with E-state index in [1.807, 2.05) is 18.2 Å². The van der Waals surface area contributed by atoms with E-state index in [0.29, 0.717) is 13.0 Å². The third kappa shape index (κ3) is 4.64. The smallest absolute Gasteiger partial charge is 0.161 e. The monoisotopic (exact) mass is 248 g/mol. The Morgan fingerprint density at radius 3 is 2.83 bits per heavy atom. The summed E-state index contributed by atoms with van der Waals surface area (Å²) in [5.74, 6) is 1.47. The molecular formula is C14H20N2O2. The lowest BCUT2D eigenvalue weighted by Gasteiger charge is -2.12. The molecule has 0 spiro atoms. The summed E-state index contributed by atoms with van der Waals surface area (Å²) in [5, 5.41) is 11.7. The zero-order valence-electron chi connectivity index (χ0n) is 11.0. The Kier molecular flexibility index (Phi) is 6.67. The predicted molar refractivity (Wildman–Crippen MR) is 70.7 cm³/mol. The molecule has 0 atom stereocenters. The van der Waals surface area contributed by atoms with Crippen LogP contribution >= 0.6 is 0 Å². The first-order chi connectivity index (χ1) is 8.81. The van der Waals surface area contributed by atoms with E-state index in [1.54, 1.807) is 7.11 Å². The summed E-state index contributed by atoms with van der Waals surface area (Å²) in [5.41, 5.74) is 1.16. The van der Waals surface area contributed by atoms with E-state index in [2.05, 4.69) is 18.3 Å². The van der Waals surface area contributed by atoms with Gasteiger partial charge < -0.3 is 14.8 Å². The van der Waals surface area contributed by atoms with Crippen LogP contribution in [0.2, 0.25) is 0 Å². The van der Waals surface area contributed by atoms with Crippen LogP contribution in [0.4, 0.5) is 0 Å². The Morgan fingerprint density at radius 2 is 2.17 bits per heavy atom. The van der Waals surface area contributed by atoms with Gasteiger partial charge in [-0.25, -0.2) is 0 Å². The standard InChI is InChI=1S/C14H20N2O2/c1-3-16-11-12-6-7-13(17-2)14(10-12)18-9-5-4-8-15/h6-7,10,16H,3-5,9,11H2,1-2H3. The number of ether oxygens (including phenoxy) is 2. The number of rotatable bonds is 8. The molecular weight excluding hydrogens is 228 g/mol. The molecule has 1 aromatic rings. The molecule has 0 radical (unpaired) electrons. The van der Waals surface area contributed by atoms with Crippen LogP contribution < -0.4 is 14.8 Å². The van der Waals surface area contributed by atoms with Crippen molar-refractivity contribution in [2.24, 2.45) is 0 Å². The molecule has 0 unspecified atom stereocenters. The van der Waals surface area contributed by atoms with E-state index in [4.69, 9.17) is 14.7 Å². The van der Waals surface area contributed by atoms with Crippen molar-refractivity contribution >= 4 is 0 Å². The van der Waals surface area contributed by atoms with Crippen molar-refractivity contribution in [2.75, 3.05) is 20.3 Å². The number of nitriles is 1. The average molecular weight is 248 g/mol. The Labute approximate surface area is 109 Å². The lowest BCUT2D eigenvalue weighted by Crippen LogP contribution is -2.11. The van der Waals surface area contributed by atoms with E-state index < -0.39 is 0 Å². The van der Waals surface area contributed by atoms with Gasteiger partial charge in [-0.15, -0.1) is 0 Å². The van der Waals surface area contributed by atoms with Crippen LogP contribution in [-0.2, 0) is 6.54 Å². The quantitative estimate of drug-likeness (QED) is 0.718. The Bertz CT molecular complexity index is 399. The Morgan fingerprint density at radius 1 is 1.33 bits per heavy atom. The molecule has 0 aliphatic heterocycles. The molecule has 1 aromatic carbocycles. The molecule has 1 rings (SSSR count). The van der Waals surface area contributed by atoms with Crippen LogP contribution in [0.5, 0.6) is 11.5 Å². The van der Waals surface area contributed by atoms with Gasteiger partial charge in [0.15, 0.2) is 11.5 Å². The summed E-state index contributed by atoms with van der Waals surface area (Å²) >= 11 is 0. The SMILES string of the molecule is CCNCc1ccc(OC)c(OCCCC#N)c1. The summed E-state index contributed by atoms with van der Waals surface area (Å²) in [7, 11) is 1.63. The minimum absolute atomic E-state index is 0.513. The molecule has 0 aromatic heterocycles. The number of nitrogens with one attached hydrogen (secondary N) is 1. The number of hydrogen-bond donors (Lipinski definition) is 1. The van der Waals surface area contributed by atoms with Crippen LogP contribution in [-0.4, -0.2) is 20.3 Å². The van der Waals surface area contributed by atoms with Gasteiger partial charge in [0, 0.05) is 13.0 Å². The summed E-state index contributed by atoms with van der Waals surface area (Å²) < 4.78 is 10.9. The summed E-state index contributed by atoms with van der Waals surface area (Å²) in [6, 6.07) is 8.01. The van der Waals surface area contributed by atoms with Crippen LogP contribution in [0.3, 0.4) is 0 Å². The van der Waals surface area contributed by atoms with E-state index in [1.165, 1.54) is 0 Å². The third-order valence-corrected chi connectivity index (χ3v) is 2.50. The van der Waals surface area contributed by atoms with Gasteiger partial charge in [-0.05, 0) is 30.7 Å². The average Bonchev–Trinajstić information content (AvgIpc) is 2.41. The molecule has 0 aliphatic carbocycles. The second kappa shape index (κ2) is 8.37. The lowest BCUT2D eigenvalue weighted by molar-refractivity contribution is 0.290. The van der Waals surface area contributed by atoms with Gasteiger partial charge in [0.1, 0.15) is 0 Å². The second-order valence-corrected chi connectivity index (χ2v) is 3.88. The molecule has 4 heteroatoms. The fourth-order valence-corrected chi connectivity index (χ4v) is 1.55. The summed E-state index contributed by atoms with van der Waals surface area (Å²) in [6.07, 6.45) is 1.25. The van der Waals surface area contributed by atoms with E-state index in [0.717, 1.165) is 36.6 Å². The Hall–Kier alpha value is -1.73. The number of unbranched alkanes of at least 4 members (excludes halogenated alkanes) is 1. The minimum Gasteiger partial charge on any atom is -0.493 e. The molecule has 18 heavy (non-hydrogen) atoms. The fraction of sp³-hybridized carbons (Fsp3) is 0.500. The van der Waals surface area contributed by atoms with Crippen molar-refractivity contribution in [2.45, 2.75) is 26.3 Å². The van der Waals surface area contributed by atoms with Gasteiger partial charge in [-0.3, -0.25) is 0 Å². The van der Waals surface area contributed by atoms with Gasteiger partial charge in [-0.2, -0.15) is 5.26 Å². The number of methoxy groups -OCH3 is 1. The topological polar surface area (TPSA) is 54.3 Å². The molecule has 98 valence electrons. The zero-order chi connectivity index (χ0) is 13.2. The van der Waals surface area contributed by atoms with Crippen LogP contribution in [0.25, 0.3) is 0 Å². The van der Waals surface area contributed by atoms with Crippen LogP contribution in [0, 0.1) is 11.3 Å². The molecule has 0 saturated heterocycles. The van der Waals surface area contributed by atoms with Crippen molar-refractivity contribution in [3.63, 3.8) is 0 Å². The van der Waals surface area contributed by atoms with E-state index in [9.17, 15) is 0 Å². The third-order valence-electron chi connectivity index (χ3n) is 2.50. The molecule has 0 bridgehead atoms. The summed E-state index contributed by atoms with van der Waals surface area (Å²) in [6.45, 7) is 4.36. The van der Waals surface area contributed by atoms with Gasteiger partial charge in [0.2, 0.25) is 0 Å². The van der Waals surface area contributed by atoms with Crippen molar-refractivity contribution in [3.8, 4) is 17.6 Å². The van der Waals surface area contributed by atoms with Gasteiger partial charge in [0.25, 0.3) is 0 Å². The van der Waals surface area contributed by atoms with Crippen molar-refractivity contribution in [1.82, 2.24) is 5.32 Å². The molecule has 4 nitrogen and oxygen atoms in total. The molecule has 0 amide bonds. The highest BCUT2D eigenvalue weighted by Gasteiger charge is 2.05. The highest BCUT2D eigenvalue weighted by Crippen LogP contribution is 2.28. The maximum Gasteiger partial charge on any atom is 0.161 e. The van der Waals surface area contributed by atoms with Crippen LogP contribution in [0.1, 0.15) is 25.3 Å². The van der Waals surface area contributed by atoms with E-state index in [-0.39, 0.29) is 0 Å². The molecule has 0 aliphatic rings. The molecule has 0 heterocycles. The lowest BCUT2D eigenvalue weighted by atomic mass is 10.2.